The molecule has 1 spiro atoms. The summed E-state index contributed by atoms with van der Waals surface area (Å²) < 4.78 is 2.15. The normalized spacial score (nSPS) is 24.3. The first kappa shape index (κ1) is 19.3. The average molecular weight is 419 g/mol. The van der Waals surface area contributed by atoms with Gasteiger partial charge in [-0.15, -0.1) is 0 Å². The van der Waals surface area contributed by atoms with Crippen LogP contribution in [-0.4, -0.2) is 57.6 Å². The number of hydrogen-bond donors (Lipinski definition) is 1. The lowest BCUT2D eigenvalue weighted by Crippen LogP contribution is -2.52. The SMILES string of the molecule is CN1C[C@H](c2cn(C)c3ccccc23)[C@]2(C1)NC(=S)N(CCc1ccccc1)C2=O. The second-order valence-corrected chi connectivity index (χ2v) is 8.94. The van der Waals surface area contributed by atoms with E-state index in [0.29, 0.717) is 18.2 Å². The number of likely N-dealkylation sites (tertiary alicyclic amines) is 1. The third-order valence-corrected chi connectivity index (χ3v) is 6.90. The predicted octanol–water partition coefficient (Wildman–Crippen LogP) is 2.91. The molecule has 0 aliphatic carbocycles. The summed E-state index contributed by atoms with van der Waals surface area (Å²) in [6.07, 6.45) is 2.97. The molecule has 5 rings (SSSR count). The van der Waals surface area contributed by atoms with Gasteiger partial charge in [-0.25, -0.2) is 0 Å². The van der Waals surface area contributed by atoms with Gasteiger partial charge in [0.1, 0.15) is 5.54 Å². The van der Waals surface area contributed by atoms with Gasteiger partial charge in [-0.3, -0.25) is 9.69 Å². The molecule has 2 fully saturated rings. The molecule has 6 heteroatoms. The monoisotopic (exact) mass is 418 g/mol. The minimum atomic E-state index is -0.702. The third-order valence-electron chi connectivity index (χ3n) is 6.58. The number of fused-ring (bicyclic) bond motifs is 1. The number of carbonyl (C=O) groups is 1. The Kier molecular flexibility index (Phi) is 4.64. The van der Waals surface area contributed by atoms with E-state index < -0.39 is 5.54 Å². The molecule has 1 amide bonds. The molecule has 1 aromatic heterocycles. The number of benzene rings is 2. The molecular weight excluding hydrogens is 392 g/mol. The number of rotatable bonds is 4. The Hall–Kier alpha value is -2.70. The van der Waals surface area contributed by atoms with Crippen LogP contribution >= 0.6 is 12.2 Å². The minimum Gasteiger partial charge on any atom is -0.350 e. The standard InChI is InChI=1S/C24H26N4OS/c1-26-15-20(19-14-27(2)21-11-7-6-10-18(19)21)24(16-26)22(29)28(23(30)25-24)13-12-17-8-4-3-5-9-17/h3-11,14,20H,12-13,15-16H2,1-2H3,(H,25,30)/t20-,24+/m1/s1. The Balaban J connectivity index is 1.49. The van der Waals surface area contributed by atoms with Crippen LogP contribution < -0.4 is 5.32 Å². The van der Waals surface area contributed by atoms with Gasteiger partial charge in [0.15, 0.2) is 5.11 Å². The highest BCUT2D eigenvalue weighted by molar-refractivity contribution is 7.80. The lowest BCUT2D eigenvalue weighted by molar-refractivity contribution is -0.131. The molecule has 30 heavy (non-hydrogen) atoms. The zero-order valence-corrected chi connectivity index (χ0v) is 18.2. The number of hydrogen-bond acceptors (Lipinski definition) is 3. The number of thiocarbonyl (C=S) groups is 1. The van der Waals surface area contributed by atoms with Crippen molar-refractivity contribution in [3.05, 3.63) is 71.9 Å². The van der Waals surface area contributed by atoms with E-state index in [2.05, 4.69) is 71.5 Å². The smallest absolute Gasteiger partial charge is 0.256 e. The van der Waals surface area contributed by atoms with E-state index in [0.717, 1.165) is 13.0 Å². The van der Waals surface area contributed by atoms with Gasteiger partial charge in [0.2, 0.25) is 0 Å². The summed E-state index contributed by atoms with van der Waals surface area (Å²) >= 11 is 5.66. The van der Waals surface area contributed by atoms with Gasteiger partial charge in [-0.05, 0) is 42.9 Å². The molecule has 2 aliphatic rings. The molecule has 2 atom stereocenters. The summed E-state index contributed by atoms with van der Waals surface area (Å²) in [6.45, 7) is 2.08. The van der Waals surface area contributed by atoms with Crippen molar-refractivity contribution in [3.8, 4) is 0 Å². The molecule has 2 aliphatic heterocycles. The average Bonchev–Trinajstić information content (AvgIpc) is 3.33. The van der Waals surface area contributed by atoms with Crippen molar-refractivity contribution >= 4 is 34.1 Å². The Morgan fingerprint density at radius 3 is 2.63 bits per heavy atom. The zero-order valence-electron chi connectivity index (χ0n) is 17.3. The summed E-state index contributed by atoms with van der Waals surface area (Å²) in [6, 6.07) is 18.7. The maximum Gasteiger partial charge on any atom is 0.256 e. The van der Waals surface area contributed by atoms with Crippen LogP contribution in [0.4, 0.5) is 0 Å². The van der Waals surface area contributed by atoms with Crippen molar-refractivity contribution in [2.24, 2.45) is 7.05 Å². The number of para-hydroxylation sites is 1. The first-order valence-electron chi connectivity index (χ1n) is 10.4. The molecule has 1 N–H and O–H groups in total. The van der Waals surface area contributed by atoms with Crippen molar-refractivity contribution in [2.45, 2.75) is 17.9 Å². The fourth-order valence-corrected chi connectivity index (χ4v) is 5.52. The van der Waals surface area contributed by atoms with Crippen molar-refractivity contribution in [1.29, 1.82) is 0 Å². The molecule has 0 unspecified atom stereocenters. The van der Waals surface area contributed by atoms with Crippen LogP contribution in [-0.2, 0) is 18.3 Å². The third kappa shape index (κ3) is 2.94. The molecule has 3 heterocycles. The largest absolute Gasteiger partial charge is 0.350 e. The molecule has 0 saturated carbocycles. The topological polar surface area (TPSA) is 40.5 Å². The first-order chi connectivity index (χ1) is 14.5. The first-order valence-corrected chi connectivity index (χ1v) is 10.8. The summed E-state index contributed by atoms with van der Waals surface area (Å²) in [7, 11) is 4.15. The highest BCUT2D eigenvalue weighted by atomic mass is 32.1. The van der Waals surface area contributed by atoms with Crippen LogP contribution in [0.3, 0.4) is 0 Å². The highest BCUT2D eigenvalue weighted by Gasteiger charge is 2.58. The van der Waals surface area contributed by atoms with Gasteiger partial charge in [-0.2, -0.15) is 0 Å². The molecule has 2 aromatic carbocycles. The van der Waals surface area contributed by atoms with E-state index in [1.807, 2.05) is 18.2 Å². The maximum absolute atomic E-state index is 13.8. The van der Waals surface area contributed by atoms with Gasteiger partial charge in [0.25, 0.3) is 5.91 Å². The van der Waals surface area contributed by atoms with Gasteiger partial charge < -0.3 is 14.8 Å². The molecule has 2 saturated heterocycles. The molecule has 0 radical (unpaired) electrons. The number of nitrogens with one attached hydrogen (secondary N) is 1. The number of aromatic nitrogens is 1. The molecular formula is C24H26N4OS. The summed E-state index contributed by atoms with van der Waals surface area (Å²) in [5.74, 6) is 0.145. The second-order valence-electron chi connectivity index (χ2n) is 8.56. The summed E-state index contributed by atoms with van der Waals surface area (Å²) in [5.41, 5.74) is 2.91. The van der Waals surface area contributed by atoms with Crippen LogP contribution in [0, 0.1) is 0 Å². The Bertz CT molecular complexity index is 1120. The Labute approximate surface area is 182 Å². The Morgan fingerprint density at radius 2 is 1.83 bits per heavy atom. The van der Waals surface area contributed by atoms with Gasteiger partial charge in [-0.1, -0.05) is 48.5 Å². The maximum atomic E-state index is 13.8. The van der Waals surface area contributed by atoms with Crippen LogP contribution in [0.5, 0.6) is 0 Å². The van der Waals surface area contributed by atoms with Crippen molar-refractivity contribution < 1.29 is 4.79 Å². The van der Waals surface area contributed by atoms with Crippen molar-refractivity contribution in [2.75, 3.05) is 26.7 Å². The fraction of sp³-hybridized carbons (Fsp3) is 0.333. The molecule has 154 valence electrons. The number of amides is 1. The van der Waals surface area contributed by atoms with Crippen molar-refractivity contribution in [1.82, 2.24) is 19.7 Å². The summed E-state index contributed by atoms with van der Waals surface area (Å²) in [5, 5.41) is 5.24. The fourth-order valence-electron chi connectivity index (χ4n) is 5.16. The van der Waals surface area contributed by atoms with Gasteiger partial charge in [0, 0.05) is 49.7 Å². The summed E-state index contributed by atoms with van der Waals surface area (Å²) in [4.78, 5) is 17.8. The van der Waals surface area contributed by atoms with Crippen molar-refractivity contribution in [3.63, 3.8) is 0 Å². The number of nitrogens with zero attached hydrogens (tertiary/aromatic N) is 3. The Morgan fingerprint density at radius 1 is 1.10 bits per heavy atom. The van der Waals surface area contributed by atoms with E-state index in [4.69, 9.17) is 12.2 Å². The molecule has 3 aromatic rings. The van der Waals surface area contributed by atoms with Gasteiger partial charge in [0.05, 0.1) is 0 Å². The predicted molar refractivity (Wildman–Crippen MR) is 123 cm³/mol. The van der Waals surface area contributed by atoms with E-state index in [-0.39, 0.29) is 11.8 Å². The second kappa shape index (κ2) is 7.22. The highest BCUT2D eigenvalue weighted by Crippen LogP contribution is 2.42. The van der Waals surface area contributed by atoms with Crippen LogP contribution in [0.1, 0.15) is 17.0 Å². The van der Waals surface area contributed by atoms with E-state index in [1.165, 1.54) is 22.0 Å². The molecule has 5 nitrogen and oxygen atoms in total. The van der Waals surface area contributed by atoms with E-state index in [1.54, 1.807) is 4.90 Å². The molecule has 0 bridgehead atoms. The quantitative estimate of drug-likeness (QED) is 0.662. The van der Waals surface area contributed by atoms with E-state index >= 15 is 0 Å². The lowest BCUT2D eigenvalue weighted by atomic mass is 9.81. The number of aryl methyl sites for hydroxylation is 1. The lowest BCUT2D eigenvalue weighted by Gasteiger charge is -2.28. The van der Waals surface area contributed by atoms with E-state index in [9.17, 15) is 4.79 Å². The van der Waals surface area contributed by atoms with Crippen LogP contribution in [0.15, 0.2) is 60.8 Å². The minimum absolute atomic E-state index is 0.0424. The number of carbonyl (C=O) groups excluding carboxylic acids is 1. The van der Waals surface area contributed by atoms with Crippen LogP contribution in [0.2, 0.25) is 0 Å². The van der Waals surface area contributed by atoms with Gasteiger partial charge >= 0.3 is 0 Å². The number of likely N-dealkylation sites (N-methyl/N-ethyl adjacent to an activating group) is 1. The van der Waals surface area contributed by atoms with Crippen LogP contribution in [0.25, 0.3) is 10.9 Å². The zero-order chi connectivity index (χ0) is 20.9.